The predicted molar refractivity (Wildman–Crippen MR) is 125 cm³/mol. The zero-order chi connectivity index (χ0) is 25.4. The van der Waals surface area contributed by atoms with E-state index in [-0.39, 0.29) is 17.7 Å². The monoisotopic (exact) mass is 506 g/mol. The molecule has 35 heavy (non-hydrogen) atoms. The summed E-state index contributed by atoms with van der Waals surface area (Å²) in [4.78, 5) is 24.8. The summed E-state index contributed by atoms with van der Waals surface area (Å²) in [6, 6.07) is 5.35. The fourth-order valence-electron chi connectivity index (χ4n) is 4.37. The summed E-state index contributed by atoms with van der Waals surface area (Å²) in [5.41, 5.74) is -0.624. The maximum atomic E-state index is 13.0. The number of hydrogen-bond acceptors (Lipinski definition) is 7. The second-order valence-corrected chi connectivity index (χ2v) is 10.1. The van der Waals surface area contributed by atoms with Gasteiger partial charge >= 0.3 is 12.1 Å². The lowest BCUT2D eigenvalue weighted by Crippen LogP contribution is -2.35. The lowest BCUT2D eigenvalue weighted by molar-refractivity contribution is -0.144. The molecule has 0 amide bonds. The smallest absolute Gasteiger partial charge is 0.416 e. The summed E-state index contributed by atoms with van der Waals surface area (Å²) in [6.45, 7) is 3.55. The minimum absolute atomic E-state index is 0.0220. The first-order chi connectivity index (χ1) is 16.4. The summed E-state index contributed by atoms with van der Waals surface area (Å²) >= 11 is 1.29. The Balaban J connectivity index is 1.54. The summed E-state index contributed by atoms with van der Waals surface area (Å²) < 4.78 is 39.1. The van der Waals surface area contributed by atoms with Gasteiger partial charge in [0.1, 0.15) is 22.2 Å². The molecular weight excluding hydrogens is 481 g/mol. The van der Waals surface area contributed by atoms with E-state index in [0.717, 1.165) is 23.9 Å². The largest absolute Gasteiger partial charge is 0.481 e. The summed E-state index contributed by atoms with van der Waals surface area (Å²) in [5, 5.41) is 23.8. The van der Waals surface area contributed by atoms with E-state index >= 15 is 0 Å². The highest BCUT2D eigenvalue weighted by atomic mass is 32.1. The molecule has 11 heteroatoms. The standard InChI is InChI=1S/C24H25F3N4O3S/c1-13-9-17(30-20(10-13)31-19-11-16(7-8-28-19)24(25,26)27)18-12-29-22(35-18)23(2,34)15-5-3-14(4-6-15)21(32)33/h7-12,14-15,34H,3-6H2,1-2H3,(H,32,33)(H,28,30,31)/t14-,15+,23?. The number of aryl methyl sites for hydroxylation is 1. The zero-order valence-electron chi connectivity index (χ0n) is 19.1. The summed E-state index contributed by atoms with van der Waals surface area (Å²) in [7, 11) is 0. The number of anilines is 2. The topological polar surface area (TPSA) is 108 Å². The molecule has 1 aliphatic rings. The van der Waals surface area contributed by atoms with E-state index in [9.17, 15) is 28.2 Å². The molecule has 186 valence electrons. The lowest BCUT2D eigenvalue weighted by atomic mass is 9.74. The van der Waals surface area contributed by atoms with E-state index in [1.807, 2.05) is 13.0 Å². The van der Waals surface area contributed by atoms with Crippen LogP contribution >= 0.6 is 11.3 Å². The molecule has 0 radical (unpaired) electrons. The van der Waals surface area contributed by atoms with Crippen molar-refractivity contribution in [3.8, 4) is 10.6 Å². The fourth-order valence-corrected chi connectivity index (χ4v) is 5.37. The van der Waals surface area contributed by atoms with Gasteiger partial charge in [0.2, 0.25) is 0 Å². The van der Waals surface area contributed by atoms with E-state index in [1.165, 1.54) is 11.3 Å². The number of halogens is 3. The van der Waals surface area contributed by atoms with Gasteiger partial charge in [0.05, 0.1) is 22.1 Å². The van der Waals surface area contributed by atoms with Gasteiger partial charge in [-0.25, -0.2) is 15.0 Å². The van der Waals surface area contributed by atoms with Crippen molar-refractivity contribution in [1.29, 1.82) is 0 Å². The Kier molecular flexibility index (Phi) is 6.83. The van der Waals surface area contributed by atoms with Crippen LogP contribution < -0.4 is 5.32 Å². The van der Waals surface area contributed by atoms with Gasteiger partial charge in [0.15, 0.2) is 0 Å². The number of aromatic nitrogens is 3. The van der Waals surface area contributed by atoms with Crippen molar-refractivity contribution in [2.75, 3.05) is 5.32 Å². The molecule has 4 rings (SSSR count). The van der Waals surface area contributed by atoms with Crippen molar-refractivity contribution in [3.63, 3.8) is 0 Å². The predicted octanol–water partition coefficient (Wildman–Crippen LogP) is 5.77. The first-order valence-corrected chi connectivity index (χ1v) is 12.0. The van der Waals surface area contributed by atoms with E-state index in [0.29, 0.717) is 47.1 Å². The first kappa shape index (κ1) is 25.1. The average Bonchev–Trinajstić information content (AvgIpc) is 3.30. The van der Waals surface area contributed by atoms with Gasteiger partial charge in [-0.05, 0) is 75.3 Å². The van der Waals surface area contributed by atoms with Gasteiger partial charge in [-0.1, -0.05) is 0 Å². The number of carboxylic acids is 1. The van der Waals surface area contributed by atoms with Crippen LogP contribution in [0.25, 0.3) is 10.6 Å². The molecule has 0 saturated heterocycles. The number of nitrogens with zero attached hydrogens (tertiary/aromatic N) is 3. The van der Waals surface area contributed by atoms with E-state index in [1.54, 1.807) is 19.2 Å². The Morgan fingerprint density at radius 1 is 1.11 bits per heavy atom. The Morgan fingerprint density at radius 3 is 2.49 bits per heavy atom. The summed E-state index contributed by atoms with van der Waals surface area (Å²) in [6.07, 6.45) is 0.459. The van der Waals surface area contributed by atoms with Crippen LogP contribution in [0.1, 0.15) is 48.7 Å². The fraction of sp³-hybridized carbons (Fsp3) is 0.417. The third-order valence-electron chi connectivity index (χ3n) is 6.38. The van der Waals surface area contributed by atoms with Crippen LogP contribution in [0, 0.1) is 18.8 Å². The van der Waals surface area contributed by atoms with Gasteiger partial charge in [-0.15, -0.1) is 11.3 Å². The van der Waals surface area contributed by atoms with Crippen molar-refractivity contribution in [2.24, 2.45) is 11.8 Å². The highest BCUT2D eigenvalue weighted by Gasteiger charge is 2.40. The van der Waals surface area contributed by atoms with Gasteiger partial charge in [-0.3, -0.25) is 4.79 Å². The van der Waals surface area contributed by atoms with Gasteiger partial charge in [0, 0.05) is 12.4 Å². The van der Waals surface area contributed by atoms with Crippen LogP contribution in [0.2, 0.25) is 0 Å². The number of aliphatic hydroxyl groups is 1. The van der Waals surface area contributed by atoms with Crippen LogP contribution in [0.3, 0.4) is 0 Å². The zero-order valence-corrected chi connectivity index (χ0v) is 20.0. The number of aliphatic carboxylic acids is 1. The molecule has 3 aromatic heterocycles. The van der Waals surface area contributed by atoms with Crippen LogP contribution in [-0.4, -0.2) is 31.1 Å². The molecule has 1 atom stereocenters. The molecule has 0 bridgehead atoms. The number of hydrogen-bond donors (Lipinski definition) is 3. The number of thiazole rings is 1. The van der Waals surface area contributed by atoms with Crippen LogP contribution in [0.5, 0.6) is 0 Å². The number of carboxylic acid groups (broad SMARTS) is 1. The van der Waals surface area contributed by atoms with Crippen molar-refractivity contribution in [2.45, 2.75) is 51.3 Å². The minimum atomic E-state index is -4.48. The first-order valence-electron chi connectivity index (χ1n) is 11.1. The number of carbonyl (C=O) groups is 1. The van der Waals surface area contributed by atoms with Crippen LogP contribution in [-0.2, 0) is 16.6 Å². The number of nitrogens with one attached hydrogen (secondary N) is 1. The van der Waals surface area contributed by atoms with Crippen molar-refractivity contribution >= 4 is 28.9 Å². The van der Waals surface area contributed by atoms with Crippen molar-refractivity contribution in [3.05, 3.63) is 52.8 Å². The Hall–Kier alpha value is -3.05. The lowest BCUT2D eigenvalue weighted by Gasteiger charge is -2.35. The molecule has 1 unspecified atom stereocenters. The Morgan fingerprint density at radius 2 is 1.83 bits per heavy atom. The second kappa shape index (κ2) is 9.54. The molecule has 7 nitrogen and oxygen atoms in total. The quantitative estimate of drug-likeness (QED) is 0.390. The third-order valence-corrected chi connectivity index (χ3v) is 7.62. The normalized spacial score (nSPS) is 20.3. The maximum Gasteiger partial charge on any atom is 0.416 e. The van der Waals surface area contributed by atoms with E-state index in [2.05, 4.69) is 20.3 Å². The molecule has 3 N–H and O–H groups in total. The minimum Gasteiger partial charge on any atom is -0.481 e. The van der Waals surface area contributed by atoms with Gasteiger partial charge in [-0.2, -0.15) is 13.2 Å². The number of alkyl halides is 3. The molecular formula is C24H25F3N4O3S. The van der Waals surface area contributed by atoms with Crippen LogP contribution in [0.4, 0.5) is 24.8 Å². The SMILES string of the molecule is Cc1cc(Nc2cc(C(F)(F)F)ccn2)nc(-c2cnc(C(C)(O)[C@H]3CC[C@@H](C(=O)O)CC3)s2)c1. The molecule has 0 aliphatic heterocycles. The molecule has 1 aliphatic carbocycles. The summed E-state index contributed by atoms with van der Waals surface area (Å²) in [5.74, 6) is -0.918. The van der Waals surface area contributed by atoms with Gasteiger partial charge < -0.3 is 15.5 Å². The maximum absolute atomic E-state index is 13.0. The van der Waals surface area contributed by atoms with Crippen molar-refractivity contribution < 1.29 is 28.2 Å². The molecule has 1 fully saturated rings. The average molecular weight is 507 g/mol. The Bertz CT molecular complexity index is 1220. The van der Waals surface area contributed by atoms with E-state index < -0.39 is 23.3 Å². The molecule has 0 aromatic carbocycles. The number of rotatable bonds is 6. The Labute approximate surface area is 204 Å². The molecule has 0 spiro atoms. The molecule has 3 aromatic rings. The second-order valence-electron chi connectivity index (χ2n) is 9.03. The van der Waals surface area contributed by atoms with Gasteiger partial charge in [0.25, 0.3) is 0 Å². The highest BCUT2D eigenvalue weighted by molar-refractivity contribution is 7.15. The number of pyridine rings is 2. The van der Waals surface area contributed by atoms with Crippen molar-refractivity contribution in [1.82, 2.24) is 15.0 Å². The third kappa shape index (κ3) is 5.62. The van der Waals surface area contributed by atoms with E-state index in [4.69, 9.17) is 0 Å². The van der Waals surface area contributed by atoms with Crippen LogP contribution in [0.15, 0.2) is 36.7 Å². The molecule has 1 saturated carbocycles. The molecule has 3 heterocycles. The highest BCUT2D eigenvalue weighted by Crippen LogP contribution is 2.43.